The maximum absolute atomic E-state index is 13.2. The highest BCUT2D eigenvalue weighted by Crippen LogP contribution is 2.31. The van der Waals surface area contributed by atoms with Gasteiger partial charge in [0.25, 0.3) is 0 Å². The molecule has 6 heteroatoms. The van der Waals surface area contributed by atoms with E-state index in [0.717, 1.165) is 55.6 Å². The van der Waals surface area contributed by atoms with Gasteiger partial charge in [-0.25, -0.2) is 0 Å². The van der Waals surface area contributed by atoms with Crippen LogP contribution in [0.2, 0.25) is 0 Å². The summed E-state index contributed by atoms with van der Waals surface area (Å²) in [6.07, 6.45) is 6.40. The van der Waals surface area contributed by atoms with Crippen molar-refractivity contribution in [2.45, 2.75) is 58.8 Å². The summed E-state index contributed by atoms with van der Waals surface area (Å²) in [7, 11) is 0. The highest BCUT2D eigenvalue weighted by atomic mass is 16.2. The average Bonchev–Trinajstić information content (AvgIpc) is 2.98. The van der Waals surface area contributed by atoms with E-state index in [2.05, 4.69) is 0 Å². The molecule has 31 heavy (non-hydrogen) atoms. The van der Waals surface area contributed by atoms with E-state index < -0.39 is 0 Å². The number of hydrogen-bond acceptors (Lipinski definition) is 3. The van der Waals surface area contributed by atoms with E-state index in [1.807, 2.05) is 41.8 Å². The molecular weight excluding hydrogens is 390 g/mol. The number of aryl methyl sites for hydroxylation is 1. The lowest BCUT2D eigenvalue weighted by molar-refractivity contribution is -0.142. The van der Waals surface area contributed by atoms with Crippen molar-refractivity contribution in [1.82, 2.24) is 9.80 Å². The molecule has 168 valence electrons. The lowest BCUT2D eigenvalue weighted by atomic mass is 9.94. The number of likely N-dealkylation sites (tertiary alicyclic amines) is 2. The first-order chi connectivity index (χ1) is 15.0. The standard InChI is InChI=1S/C25H35N3O3/c1-18-8-7-9-22(19(18)2)28-17-21(16-23(28)29)25(31)27-14-10-20(11-15-27)24(30)26-12-5-3-4-6-13-26/h7-9,20-21H,3-6,10-17H2,1-2H3/t21-/m0/s1. The van der Waals surface area contributed by atoms with Crippen LogP contribution >= 0.6 is 0 Å². The minimum atomic E-state index is -0.287. The molecule has 1 aromatic carbocycles. The van der Waals surface area contributed by atoms with E-state index >= 15 is 0 Å². The molecule has 3 aliphatic heterocycles. The Morgan fingerprint density at radius 1 is 0.839 bits per heavy atom. The number of carbonyl (C=O) groups is 3. The van der Waals surface area contributed by atoms with Crippen molar-refractivity contribution in [2.75, 3.05) is 37.6 Å². The van der Waals surface area contributed by atoms with Crippen molar-refractivity contribution in [3.63, 3.8) is 0 Å². The number of rotatable bonds is 3. The number of anilines is 1. The minimum Gasteiger partial charge on any atom is -0.342 e. The maximum atomic E-state index is 13.2. The SMILES string of the molecule is Cc1cccc(N2C[C@@H](C(=O)N3CCC(C(=O)N4CCCCCC4)CC3)CC2=O)c1C. The minimum absolute atomic E-state index is 0.0262. The molecular formula is C25H35N3O3. The van der Waals surface area contributed by atoms with Crippen LogP contribution in [-0.2, 0) is 14.4 Å². The monoisotopic (exact) mass is 425 g/mol. The second-order valence-corrected chi connectivity index (χ2v) is 9.46. The van der Waals surface area contributed by atoms with Gasteiger partial charge >= 0.3 is 0 Å². The summed E-state index contributed by atoms with van der Waals surface area (Å²) >= 11 is 0. The van der Waals surface area contributed by atoms with Crippen LogP contribution in [0.1, 0.15) is 56.1 Å². The normalized spacial score (nSPS) is 23.2. The summed E-state index contributed by atoms with van der Waals surface area (Å²) in [4.78, 5) is 44.5. The van der Waals surface area contributed by atoms with Crippen molar-refractivity contribution < 1.29 is 14.4 Å². The van der Waals surface area contributed by atoms with Gasteiger partial charge in [-0.05, 0) is 56.7 Å². The van der Waals surface area contributed by atoms with E-state index in [0.29, 0.717) is 19.6 Å². The first kappa shape index (κ1) is 21.8. The second kappa shape index (κ2) is 9.41. The van der Waals surface area contributed by atoms with Crippen molar-refractivity contribution in [3.8, 4) is 0 Å². The fourth-order valence-electron chi connectivity index (χ4n) is 5.29. The largest absolute Gasteiger partial charge is 0.342 e. The molecule has 0 radical (unpaired) electrons. The molecule has 3 saturated heterocycles. The van der Waals surface area contributed by atoms with E-state index in [-0.39, 0.29) is 36.0 Å². The van der Waals surface area contributed by atoms with Gasteiger partial charge in [-0.15, -0.1) is 0 Å². The summed E-state index contributed by atoms with van der Waals surface area (Å²) in [6.45, 7) is 7.54. The van der Waals surface area contributed by atoms with Crippen molar-refractivity contribution >= 4 is 23.4 Å². The van der Waals surface area contributed by atoms with Crippen LogP contribution in [0.3, 0.4) is 0 Å². The molecule has 0 N–H and O–H groups in total. The molecule has 3 amide bonds. The van der Waals surface area contributed by atoms with Crippen molar-refractivity contribution in [3.05, 3.63) is 29.3 Å². The smallest absolute Gasteiger partial charge is 0.228 e. The van der Waals surface area contributed by atoms with E-state index in [4.69, 9.17) is 0 Å². The van der Waals surface area contributed by atoms with Gasteiger partial charge in [0.2, 0.25) is 17.7 Å². The van der Waals surface area contributed by atoms with Crippen LogP contribution in [0.15, 0.2) is 18.2 Å². The lowest BCUT2D eigenvalue weighted by Gasteiger charge is -2.35. The highest BCUT2D eigenvalue weighted by Gasteiger charge is 2.39. The molecule has 0 unspecified atom stereocenters. The molecule has 1 aromatic rings. The predicted molar refractivity (Wildman–Crippen MR) is 121 cm³/mol. The molecule has 3 aliphatic rings. The third-order valence-corrected chi connectivity index (χ3v) is 7.41. The molecule has 0 saturated carbocycles. The fraction of sp³-hybridized carbons (Fsp3) is 0.640. The summed E-state index contributed by atoms with van der Waals surface area (Å²) in [5, 5.41) is 0. The summed E-state index contributed by atoms with van der Waals surface area (Å²) < 4.78 is 0. The quantitative estimate of drug-likeness (QED) is 0.747. The van der Waals surface area contributed by atoms with Crippen LogP contribution in [0, 0.1) is 25.7 Å². The second-order valence-electron chi connectivity index (χ2n) is 9.46. The Morgan fingerprint density at radius 2 is 1.45 bits per heavy atom. The molecule has 3 fully saturated rings. The number of amides is 3. The Morgan fingerprint density at radius 3 is 2.13 bits per heavy atom. The van der Waals surface area contributed by atoms with E-state index in [1.54, 1.807) is 4.90 Å². The highest BCUT2D eigenvalue weighted by molar-refractivity contribution is 6.01. The zero-order valence-corrected chi connectivity index (χ0v) is 18.9. The van der Waals surface area contributed by atoms with Crippen LogP contribution < -0.4 is 4.90 Å². The topological polar surface area (TPSA) is 60.9 Å². The number of piperidine rings is 1. The first-order valence-corrected chi connectivity index (χ1v) is 11.9. The summed E-state index contributed by atoms with van der Waals surface area (Å²) in [5.74, 6) is 0.135. The maximum Gasteiger partial charge on any atom is 0.228 e. The van der Waals surface area contributed by atoms with Gasteiger partial charge < -0.3 is 14.7 Å². The summed E-state index contributed by atoms with van der Waals surface area (Å²) in [5.41, 5.74) is 3.16. The van der Waals surface area contributed by atoms with Crippen LogP contribution in [0.25, 0.3) is 0 Å². The molecule has 6 nitrogen and oxygen atoms in total. The van der Waals surface area contributed by atoms with Gasteiger partial charge in [0.15, 0.2) is 0 Å². The van der Waals surface area contributed by atoms with Gasteiger partial charge in [-0.3, -0.25) is 14.4 Å². The third kappa shape index (κ3) is 4.63. The fourth-order valence-corrected chi connectivity index (χ4v) is 5.29. The number of hydrogen-bond donors (Lipinski definition) is 0. The average molecular weight is 426 g/mol. The van der Waals surface area contributed by atoms with Gasteiger partial charge in [0, 0.05) is 50.7 Å². The van der Waals surface area contributed by atoms with Crippen LogP contribution in [0.5, 0.6) is 0 Å². The Bertz CT molecular complexity index is 836. The zero-order chi connectivity index (χ0) is 22.0. The zero-order valence-electron chi connectivity index (χ0n) is 18.9. The molecule has 0 aromatic heterocycles. The van der Waals surface area contributed by atoms with Crippen LogP contribution in [-0.4, -0.2) is 60.2 Å². The van der Waals surface area contributed by atoms with Gasteiger partial charge in [-0.2, -0.15) is 0 Å². The van der Waals surface area contributed by atoms with Crippen LogP contribution in [0.4, 0.5) is 5.69 Å². The predicted octanol–water partition coefficient (Wildman–Crippen LogP) is 3.30. The van der Waals surface area contributed by atoms with Gasteiger partial charge in [0.1, 0.15) is 0 Å². The Labute approximate surface area is 185 Å². The molecule has 4 rings (SSSR count). The van der Waals surface area contributed by atoms with E-state index in [9.17, 15) is 14.4 Å². The van der Waals surface area contributed by atoms with Crippen molar-refractivity contribution in [2.24, 2.45) is 11.8 Å². The molecule has 0 aliphatic carbocycles. The lowest BCUT2D eigenvalue weighted by Crippen LogP contribution is -2.46. The van der Waals surface area contributed by atoms with Crippen molar-refractivity contribution in [1.29, 1.82) is 0 Å². The first-order valence-electron chi connectivity index (χ1n) is 11.9. The molecule has 3 heterocycles. The molecule has 0 spiro atoms. The van der Waals surface area contributed by atoms with Gasteiger partial charge in [0.05, 0.1) is 5.92 Å². The Hall–Kier alpha value is -2.37. The Kier molecular flexibility index (Phi) is 6.63. The number of nitrogens with zero attached hydrogens (tertiary/aromatic N) is 3. The van der Waals surface area contributed by atoms with Gasteiger partial charge in [-0.1, -0.05) is 25.0 Å². The molecule has 0 bridgehead atoms. The third-order valence-electron chi connectivity index (χ3n) is 7.41. The Balaban J connectivity index is 1.33. The molecule has 1 atom stereocenters. The summed E-state index contributed by atoms with van der Waals surface area (Å²) in [6, 6.07) is 5.97. The number of carbonyl (C=O) groups excluding carboxylic acids is 3. The van der Waals surface area contributed by atoms with E-state index in [1.165, 1.54) is 12.8 Å². The number of benzene rings is 1.